The van der Waals surface area contributed by atoms with E-state index < -0.39 is 0 Å². The van der Waals surface area contributed by atoms with Crippen LogP contribution in [0.15, 0.2) is 73.2 Å². The van der Waals surface area contributed by atoms with Crippen LogP contribution in [0.5, 0.6) is 0 Å². The number of pyridine rings is 2. The normalized spacial score (nSPS) is 13.5. The molecule has 4 aromatic rings. The zero-order valence-electron chi connectivity index (χ0n) is 17.3. The molecule has 32 heavy (non-hydrogen) atoms. The lowest BCUT2D eigenvalue weighted by atomic mass is 10.1. The fourth-order valence-corrected chi connectivity index (χ4v) is 3.88. The van der Waals surface area contributed by atoms with Crippen molar-refractivity contribution in [3.05, 3.63) is 100 Å². The Hall–Kier alpha value is -4.04. The Labute approximate surface area is 184 Å². The van der Waals surface area contributed by atoms with Crippen LogP contribution in [0.3, 0.4) is 0 Å². The summed E-state index contributed by atoms with van der Waals surface area (Å²) in [4.78, 5) is 31.2. The van der Waals surface area contributed by atoms with E-state index in [-0.39, 0.29) is 10.6 Å². The second-order valence-electron chi connectivity index (χ2n) is 7.69. The first-order chi connectivity index (χ1) is 15.7. The molecule has 0 saturated carbocycles. The number of hydrogen-bond acceptors (Lipinski definition) is 7. The highest BCUT2D eigenvalue weighted by Crippen LogP contribution is 2.24. The van der Waals surface area contributed by atoms with Gasteiger partial charge in [-0.05, 0) is 24.3 Å². The van der Waals surface area contributed by atoms with Crippen molar-refractivity contribution < 1.29 is 4.92 Å². The summed E-state index contributed by atoms with van der Waals surface area (Å²) in [5, 5.41) is 11.1. The average Bonchev–Trinajstić information content (AvgIpc) is 2.84. The highest BCUT2D eigenvalue weighted by molar-refractivity contribution is 5.62. The third-order valence-electron chi connectivity index (χ3n) is 5.48. The van der Waals surface area contributed by atoms with E-state index in [0.29, 0.717) is 12.4 Å². The summed E-state index contributed by atoms with van der Waals surface area (Å²) < 4.78 is 0. The molecule has 8 nitrogen and oxygen atoms in total. The maximum absolute atomic E-state index is 11.1. The molecule has 1 aliphatic rings. The third kappa shape index (κ3) is 4.21. The first-order valence-corrected chi connectivity index (χ1v) is 10.3. The van der Waals surface area contributed by atoms with Crippen molar-refractivity contribution in [1.29, 1.82) is 0 Å². The Morgan fingerprint density at radius 1 is 1.00 bits per heavy atom. The van der Waals surface area contributed by atoms with Gasteiger partial charge in [0.05, 0.1) is 22.0 Å². The lowest BCUT2D eigenvalue weighted by Crippen LogP contribution is -2.31. The highest BCUT2D eigenvalue weighted by Gasteiger charge is 2.19. The van der Waals surface area contributed by atoms with Crippen LogP contribution in [0.25, 0.3) is 22.6 Å². The molecule has 0 unspecified atom stereocenters. The number of non-ortho nitro benzene ring substituents is 1. The summed E-state index contributed by atoms with van der Waals surface area (Å²) >= 11 is 0. The molecule has 0 amide bonds. The minimum atomic E-state index is -0.389. The summed E-state index contributed by atoms with van der Waals surface area (Å²) in [7, 11) is 0. The second kappa shape index (κ2) is 8.60. The fraction of sp³-hybridized carbons (Fsp3) is 0.167. The first kappa shape index (κ1) is 19.9. The Kier molecular flexibility index (Phi) is 5.35. The SMILES string of the molecule is O=[N+]([O-])c1cccc(-c2cccc(CN3CCc4nc(-c5cccnc5)ncc4C3)n2)c1. The van der Waals surface area contributed by atoms with Crippen molar-refractivity contribution in [1.82, 2.24) is 24.8 Å². The van der Waals surface area contributed by atoms with E-state index in [2.05, 4.69) is 14.9 Å². The number of rotatable bonds is 5. The number of nitrogens with zero attached hydrogens (tertiary/aromatic N) is 6. The van der Waals surface area contributed by atoms with Crippen LogP contribution < -0.4 is 0 Å². The number of nitro benzene ring substituents is 1. The van der Waals surface area contributed by atoms with Crippen molar-refractivity contribution in [2.45, 2.75) is 19.5 Å². The van der Waals surface area contributed by atoms with Crippen molar-refractivity contribution in [3.63, 3.8) is 0 Å². The molecule has 4 heterocycles. The van der Waals surface area contributed by atoms with Crippen LogP contribution in [0, 0.1) is 10.1 Å². The molecule has 0 bridgehead atoms. The van der Waals surface area contributed by atoms with Gasteiger partial charge >= 0.3 is 0 Å². The summed E-state index contributed by atoms with van der Waals surface area (Å²) in [6.45, 7) is 2.32. The van der Waals surface area contributed by atoms with Gasteiger partial charge in [0, 0.05) is 73.5 Å². The minimum Gasteiger partial charge on any atom is -0.293 e. The van der Waals surface area contributed by atoms with Gasteiger partial charge in [-0.3, -0.25) is 25.0 Å². The van der Waals surface area contributed by atoms with Gasteiger partial charge < -0.3 is 0 Å². The number of benzene rings is 1. The maximum atomic E-state index is 11.1. The van der Waals surface area contributed by atoms with E-state index in [1.165, 1.54) is 6.07 Å². The zero-order chi connectivity index (χ0) is 21.9. The van der Waals surface area contributed by atoms with Crippen molar-refractivity contribution >= 4 is 5.69 Å². The summed E-state index contributed by atoms with van der Waals surface area (Å²) in [6, 6.07) is 16.2. The van der Waals surface area contributed by atoms with Gasteiger partial charge in [-0.25, -0.2) is 9.97 Å². The van der Waals surface area contributed by atoms with Crippen molar-refractivity contribution in [2.24, 2.45) is 0 Å². The predicted octanol–water partition coefficient (Wildman–Crippen LogP) is 4.07. The maximum Gasteiger partial charge on any atom is 0.270 e. The van der Waals surface area contributed by atoms with Gasteiger partial charge in [0.25, 0.3) is 5.69 Å². The van der Waals surface area contributed by atoms with Crippen LogP contribution in [-0.2, 0) is 19.5 Å². The van der Waals surface area contributed by atoms with Gasteiger partial charge in [0.2, 0.25) is 0 Å². The summed E-state index contributed by atoms with van der Waals surface area (Å²) in [5.74, 6) is 0.705. The number of nitro groups is 1. The average molecular weight is 424 g/mol. The summed E-state index contributed by atoms with van der Waals surface area (Å²) in [6.07, 6.45) is 6.26. The Morgan fingerprint density at radius 3 is 2.72 bits per heavy atom. The smallest absolute Gasteiger partial charge is 0.270 e. The molecule has 0 radical (unpaired) electrons. The van der Waals surface area contributed by atoms with Gasteiger partial charge in [-0.1, -0.05) is 18.2 Å². The topological polar surface area (TPSA) is 97.9 Å². The van der Waals surface area contributed by atoms with Gasteiger partial charge in [0.15, 0.2) is 5.82 Å². The van der Waals surface area contributed by atoms with Crippen LogP contribution in [0.4, 0.5) is 5.69 Å². The van der Waals surface area contributed by atoms with Crippen molar-refractivity contribution in [2.75, 3.05) is 6.54 Å². The van der Waals surface area contributed by atoms with E-state index in [9.17, 15) is 10.1 Å². The second-order valence-corrected chi connectivity index (χ2v) is 7.69. The number of hydrogen-bond donors (Lipinski definition) is 0. The van der Waals surface area contributed by atoms with E-state index >= 15 is 0 Å². The third-order valence-corrected chi connectivity index (χ3v) is 5.48. The monoisotopic (exact) mass is 424 g/mol. The number of aromatic nitrogens is 4. The molecule has 3 aromatic heterocycles. The molecule has 0 spiro atoms. The van der Waals surface area contributed by atoms with Crippen LogP contribution >= 0.6 is 0 Å². The fourth-order valence-electron chi connectivity index (χ4n) is 3.88. The van der Waals surface area contributed by atoms with E-state index in [1.807, 2.05) is 42.6 Å². The van der Waals surface area contributed by atoms with E-state index in [0.717, 1.165) is 53.3 Å². The molecule has 1 aromatic carbocycles. The van der Waals surface area contributed by atoms with E-state index in [4.69, 9.17) is 9.97 Å². The number of fused-ring (bicyclic) bond motifs is 1. The molecule has 158 valence electrons. The molecule has 5 rings (SSSR count). The quantitative estimate of drug-likeness (QED) is 0.352. The molecule has 0 atom stereocenters. The van der Waals surface area contributed by atoms with Crippen LogP contribution in [-0.4, -0.2) is 36.3 Å². The lowest BCUT2D eigenvalue weighted by molar-refractivity contribution is -0.384. The first-order valence-electron chi connectivity index (χ1n) is 10.3. The zero-order valence-corrected chi connectivity index (χ0v) is 17.3. The lowest BCUT2D eigenvalue weighted by Gasteiger charge is -2.27. The Balaban J connectivity index is 1.32. The molecule has 0 fully saturated rings. The van der Waals surface area contributed by atoms with Crippen LogP contribution in [0.2, 0.25) is 0 Å². The molecular weight excluding hydrogens is 404 g/mol. The summed E-state index contributed by atoms with van der Waals surface area (Å²) in [5.41, 5.74) is 5.57. The molecular formula is C24H20N6O2. The minimum absolute atomic E-state index is 0.0630. The van der Waals surface area contributed by atoms with Gasteiger partial charge in [0.1, 0.15) is 0 Å². The molecule has 1 aliphatic heterocycles. The molecule has 8 heteroatoms. The molecule has 0 N–H and O–H groups in total. The van der Waals surface area contributed by atoms with Gasteiger partial charge in [-0.2, -0.15) is 0 Å². The molecule has 0 aliphatic carbocycles. The van der Waals surface area contributed by atoms with Crippen molar-refractivity contribution in [3.8, 4) is 22.6 Å². The van der Waals surface area contributed by atoms with Crippen LogP contribution in [0.1, 0.15) is 17.0 Å². The van der Waals surface area contributed by atoms with Gasteiger partial charge in [-0.15, -0.1) is 0 Å². The predicted molar refractivity (Wildman–Crippen MR) is 119 cm³/mol. The Morgan fingerprint density at radius 2 is 1.88 bits per heavy atom. The Bertz CT molecular complexity index is 1280. The molecule has 0 saturated heterocycles. The standard InChI is InChI=1S/C24H20N6O2/c31-30(32)21-7-1-4-17(12-21)22-8-2-6-20(27-22)16-29-11-9-23-19(15-29)14-26-24(28-23)18-5-3-10-25-13-18/h1-8,10,12-14H,9,11,15-16H2. The highest BCUT2D eigenvalue weighted by atomic mass is 16.6. The van der Waals surface area contributed by atoms with E-state index in [1.54, 1.807) is 24.5 Å². The largest absolute Gasteiger partial charge is 0.293 e.